The first-order chi connectivity index (χ1) is 16.8. The fourth-order valence-corrected chi connectivity index (χ4v) is 3.43. The molecule has 0 fully saturated rings. The molecule has 0 aliphatic heterocycles. The van der Waals surface area contributed by atoms with Crippen LogP contribution in [0, 0.1) is 11.6 Å². The van der Waals surface area contributed by atoms with Crippen molar-refractivity contribution in [2.45, 2.75) is 38.4 Å². The molecule has 0 radical (unpaired) electrons. The zero-order valence-electron chi connectivity index (χ0n) is 19.1. The SMILES string of the molecule is C[C@H](NC(=O)Cc1cc(F)cc(F)c1)C(=O)N[C@@H](Cc1ccccc1)C(=O)NCc1cccnc1. The first kappa shape index (κ1) is 25.5. The van der Waals surface area contributed by atoms with E-state index in [0.717, 1.165) is 23.3 Å². The van der Waals surface area contributed by atoms with Gasteiger partial charge in [0, 0.05) is 31.4 Å². The van der Waals surface area contributed by atoms with Gasteiger partial charge in [0.05, 0.1) is 6.42 Å². The van der Waals surface area contributed by atoms with Crippen molar-refractivity contribution in [3.05, 3.63) is 101 Å². The molecule has 0 saturated carbocycles. The first-order valence-electron chi connectivity index (χ1n) is 11.1. The van der Waals surface area contributed by atoms with Crippen molar-refractivity contribution >= 4 is 17.7 Å². The average Bonchev–Trinajstić information content (AvgIpc) is 2.82. The van der Waals surface area contributed by atoms with Gasteiger partial charge in [0.1, 0.15) is 23.7 Å². The zero-order valence-corrected chi connectivity index (χ0v) is 19.1. The van der Waals surface area contributed by atoms with Gasteiger partial charge < -0.3 is 16.0 Å². The molecule has 0 aliphatic rings. The van der Waals surface area contributed by atoms with Crippen LogP contribution < -0.4 is 16.0 Å². The summed E-state index contributed by atoms with van der Waals surface area (Å²) in [7, 11) is 0. The summed E-state index contributed by atoms with van der Waals surface area (Å²) in [5, 5.41) is 7.98. The minimum Gasteiger partial charge on any atom is -0.350 e. The van der Waals surface area contributed by atoms with Crippen molar-refractivity contribution in [2.24, 2.45) is 0 Å². The van der Waals surface area contributed by atoms with Crippen LogP contribution in [-0.2, 0) is 33.8 Å². The van der Waals surface area contributed by atoms with Crippen LogP contribution in [0.15, 0.2) is 73.1 Å². The zero-order chi connectivity index (χ0) is 25.2. The van der Waals surface area contributed by atoms with Crippen LogP contribution in [0.2, 0.25) is 0 Å². The first-order valence-corrected chi connectivity index (χ1v) is 11.1. The van der Waals surface area contributed by atoms with Gasteiger partial charge in [0.25, 0.3) is 0 Å². The summed E-state index contributed by atoms with van der Waals surface area (Å²) in [5.41, 5.74) is 1.79. The van der Waals surface area contributed by atoms with E-state index in [0.29, 0.717) is 6.07 Å². The normalized spacial score (nSPS) is 12.3. The molecule has 0 aliphatic carbocycles. The van der Waals surface area contributed by atoms with Gasteiger partial charge >= 0.3 is 0 Å². The van der Waals surface area contributed by atoms with Gasteiger partial charge in [-0.3, -0.25) is 19.4 Å². The van der Waals surface area contributed by atoms with Crippen LogP contribution in [0.3, 0.4) is 0 Å². The molecule has 2 aromatic carbocycles. The van der Waals surface area contributed by atoms with Crippen molar-refractivity contribution < 1.29 is 23.2 Å². The largest absolute Gasteiger partial charge is 0.350 e. The third kappa shape index (κ3) is 8.29. The molecule has 1 heterocycles. The fraction of sp³-hybridized carbons (Fsp3) is 0.231. The Hall–Kier alpha value is -4.14. The van der Waals surface area contributed by atoms with Crippen molar-refractivity contribution in [1.29, 1.82) is 0 Å². The van der Waals surface area contributed by atoms with Crippen molar-refractivity contribution in [3.63, 3.8) is 0 Å². The summed E-state index contributed by atoms with van der Waals surface area (Å²) in [6.07, 6.45) is 3.21. The Bertz CT molecular complexity index is 1140. The number of benzene rings is 2. The third-order valence-corrected chi connectivity index (χ3v) is 5.16. The van der Waals surface area contributed by atoms with E-state index >= 15 is 0 Å². The Kier molecular flexibility index (Phi) is 9.00. The number of amides is 3. The number of aromatic nitrogens is 1. The third-order valence-electron chi connectivity index (χ3n) is 5.16. The molecule has 7 nitrogen and oxygen atoms in total. The fourth-order valence-electron chi connectivity index (χ4n) is 3.43. The van der Waals surface area contributed by atoms with Gasteiger partial charge in [0.2, 0.25) is 17.7 Å². The number of rotatable bonds is 10. The number of carbonyl (C=O) groups is 3. The number of pyridine rings is 1. The Labute approximate surface area is 202 Å². The van der Waals surface area contributed by atoms with Crippen LogP contribution >= 0.6 is 0 Å². The van der Waals surface area contributed by atoms with Gasteiger partial charge in [-0.05, 0) is 41.8 Å². The molecule has 35 heavy (non-hydrogen) atoms. The van der Waals surface area contributed by atoms with E-state index in [4.69, 9.17) is 0 Å². The number of nitrogens with zero attached hydrogens (tertiary/aromatic N) is 1. The predicted molar refractivity (Wildman–Crippen MR) is 126 cm³/mol. The number of carbonyl (C=O) groups excluding carboxylic acids is 3. The number of halogens is 2. The molecular weight excluding hydrogens is 454 g/mol. The molecule has 0 spiro atoms. The molecular formula is C26H26F2N4O3. The van der Waals surface area contributed by atoms with Gasteiger partial charge in [-0.15, -0.1) is 0 Å². The average molecular weight is 481 g/mol. The van der Waals surface area contributed by atoms with E-state index in [1.165, 1.54) is 6.92 Å². The van der Waals surface area contributed by atoms with Gasteiger partial charge in [0.15, 0.2) is 0 Å². The summed E-state index contributed by atoms with van der Waals surface area (Å²) in [6.45, 7) is 1.71. The molecule has 182 valence electrons. The lowest BCUT2D eigenvalue weighted by atomic mass is 10.0. The van der Waals surface area contributed by atoms with E-state index in [9.17, 15) is 23.2 Å². The van der Waals surface area contributed by atoms with Crippen LogP contribution in [0.1, 0.15) is 23.6 Å². The summed E-state index contributed by atoms with van der Waals surface area (Å²) in [6, 6.07) is 13.7. The summed E-state index contributed by atoms with van der Waals surface area (Å²) >= 11 is 0. The molecule has 0 unspecified atom stereocenters. The Balaban J connectivity index is 1.61. The quantitative estimate of drug-likeness (QED) is 0.415. The maximum Gasteiger partial charge on any atom is 0.243 e. The molecule has 3 amide bonds. The predicted octanol–water partition coefficient (Wildman–Crippen LogP) is 2.45. The Morgan fingerprint density at radius 1 is 0.857 bits per heavy atom. The molecule has 3 N–H and O–H groups in total. The van der Waals surface area contributed by atoms with Crippen LogP contribution in [0.25, 0.3) is 0 Å². The number of hydrogen-bond acceptors (Lipinski definition) is 4. The Morgan fingerprint density at radius 3 is 2.20 bits per heavy atom. The molecule has 0 saturated heterocycles. The van der Waals surface area contributed by atoms with Crippen molar-refractivity contribution in [2.75, 3.05) is 0 Å². The van der Waals surface area contributed by atoms with Crippen LogP contribution in [0.5, 0.6) is 0 Å². The topological polar surface area (TPSA) is 100 Å². The molecule has 0 bridgehead atoms. The van der Waals surface area contributed by atoms with Gasteiger partial charge in [-0.1, -0.05) is 36.4 Å². The highest BCUT2D eigenvalue weighted by molar-refractivity contribution is 5.92. The highest BCUT2D eigenvalue weighted by atomic mass is 19.1. The second kappa shape index (κ2) is 12.4. The Morgan fingerprint density at radius 2 is 1.54 bits per heavy atom. The van der Waals surface area contributed by atoms with Crippen LogP contribution in [0.4, 0.5) is 8.78 Å². The highest BCUT2D eigenvalue weighted by Crippen LogP contribution is 2.09. The minimum atomic E-state index is -0.981. The van der Waals surface area contributed by atoms with Crippen molar-refractivity contribution in [1.82, 2.24) is 20.9 Å². The molecule has 3 aromatic rings. The number of nitrogens with one attached hydrogen (secondary N) is 3. The van der Waals surface area contributed by atoms with E-state index in [2.05, 4.69) is 20.9 Å². The van der Waals surface area contributed by atoms with Crippen molar-refractivity contribution in [3.8, 4) is 0 Å². The minimum absolute atomic E-state index is 0.143. The van der Waals surface area contributed by atoms with E-state index in [1.807, 2.05) is 36.4 Å². The van der Waals surface area contributed by atoms with E-state index < -0.39 is 35.5 Å². The second-order valence-electron chi connectivity index (χ2n) is 8.07. The lowest BCUT2D eigenvalue weighted by Gasteiger charge is -2.21. The lowest BCUT2D eigenvalue weighted by Crippen LogP contribution is -2.53. The molecule has 2 atom stereocenters. The second-order valence-corrected chi connectivity index (χ2v) is 8.07. The summed E-state index contributed by atoms with van der Waals surface area (Å²) in [5.74, 6) is -3.13. The summed E-state index contributed by atoms with van der Waals surface area (Å²) in [4.78, 5) is 42.0. The smallest absolute Gasteiger partial charge is 0.243 e. The number of hydrogen-bond donors (Lipinski definition) is 3. The van der Waals surface area contributed by atoms with Crippen LogP contribution in [-0.4, -0.2) is 34.8 Å². The lowest BCUT2D eigenvalue weighted by molar-refractivity contribution is -0.131. The summed E-state index contributed by atoms with van der Waals surface area (Å²) < 4.78 is 26.7. The van der Waals surface area contributed by atoms with Gasteiger partial charge in [-0.25, -0.2) is 8.78 Å². The van der Waals surface area contributed by atoms with Gasteiger partial charge in [-0.2, -0.15) is 0 Å². The molecule has 3 rings (SSSR count). The molecule has 9 heteroatoms. The maximum atomic E-state index is 13.4. The molecule has 1 aromatic heterocycles. The standard InChI is InChI=1S/C26H26F2N4O3/c1-17(31-24(33)13-20-10-21(27)14-22(28)11-20)25(34)32-23(12-18-6-3-2-4-7-18)26(35)30-16-19-8-5-9-29-15-19/h2-11,14-15,17,23H,12-13,16H2,1H3,(H,30,35)(H,31,33)(H,32,34)/t17-,23-/m0/s1. The highest BCUT2D eigenvalue weighted by Gasteiger charge is 2.24. The maximum absolute atomic E-state index is 13.4. The monoisotopic (exact) mass is 480 g/mol. The van der Waals surface area contributed by atoms with E-state index in [-0.39, 0.29) is 30.9 Å². The van der Waals surface area contributed by atoms with E-state index in [1.54, 1.807) is 18.5 Å².